The van der Waals surface area contributed by atoms with Crippen LogP contribution >= 0.6 is 0 Å². The summed E-state index contributed by atoms with van der Waals surface area (Å²) in [5, 5.41) is 0. The summed E-state index contributed by atoms with van der Waals surface area (Å²) in [7, 11) is 0. The third-order valence-electron chi connectivity index (χ3n) is 2.67. The number of Topliss-reactive ketones (excluding diaryl/α,β-unsaturated/α-hetero) is 1. The van der Waals surface area contributed by atoms with Crippen molar-refractivity contribution in [1.29, 1.82) is 0 Å². The highest BCUT2D eigenvalue weighted by molar-refractivity contribution is 5.94. The summed E-state index contributed by atoms with van der Waals surface area (Å²) in [6, 6.07) is 5.34. The van der Waals surface area contributed by atoms with Gasteiger partial charge in [-0.2, -0.15) is 0 Å². The highest BCUT2D eigenvalue weighted by Crippen LogP contribution is 2.19. The van der Waals surface area contributed by atoms with Gasteiger partial charge < -0.3 is 9.47 Å². The first-order valence-electron chi connectivity index (χ1n) is 6.44. The molecule has 0 radical (unpaired) electrons. The van der Waals surface area contributed by atoms with Crippen LogP contribution in [0.25, 0.3) is 0 Å². The molecule has 104 valence electrons. The number of carbonyl (C=O) groups is 2. The first-order valence-corrected chi connectivity index (χ1v) is 6.44. The molecule has 0 amide bonds. The Hall–Kier alpha value is -1.84. The number of rotatable bonds is 7. The van der Waals surface area contributed by atoms with Crippen molar-refractivity contribution in [3.05, 3.63) is 29.3 Å². The van der Waals surface area contributed by atoms with E-state index >= 15 is 0 Å². The molecular formula is C15H20O4. The quantitative estimate of drug-likeness (QED) is 0.431. The van der Waals surface area contributed by atoms with Gasteiger partial charge in [-0.3, -0.25) is 9.59 Å². The van der Waals surface area contributed by atoms with E-state index in [0.717, 1.165) is 11.3 Å². The van der Waals surface area contributed by atoms with Crippen LogP contribution in [0.15, 0.2) is 18.2 Å². The third-order valence-corrected chi connectivity index (χ3v) is 2.67. The van der Waals surface area contributed by atoms with E-state index in [0.29, 0.717) is 31.6 Å². The summed E-state index contributed by atoms with van der Waals surface area (Å²) in [5.41, 5.74) is 1.60. The van der Waals surface area contributed by atoms with Crippen LogP contribution in [-0.2, 0) is 9.53 Å². The van der Waals surface area contributed by atoms with E-state index in [9.17, 15) is 9.59 Å². The molecule has 1 rings (SSSR count). The van der Waals surface area contributed by atoms with Crippen LogP contribution in [-0.4, -0.2) is 25.0 Å². The average Bonchev–Trinajstić information content (AvgIpc) is 2.36. The fourth-order valence-corrected chi connectivity index (χ4v) is 1.66. The zero-order valence-electron chi connectivity index (χ0n) is 11.7. The molecule has 0 aromatic heterocycles. The number of ether oxygens (including phenoxy) is 2. The van der Waals surface area contributed by atoms with Crippen molar-refractivity contribution in [2.45, 2.75) is 33.6 Å². The molecule has 1 aromatic rings. The first kappa shape index (κ1) is 15.2. The SMILES string of the molecule is CCOC(=O)CCCOc1ccc(C(C)=O)cc1C. The average molecular weight is 264 g/mol. The van der Waals surface area contributed by atoms with E-state index in [2.05, 4.69) is 0 Å². The number of esters is 1. The van der Waals surface area contributed by atoms with Crippen molar-refractivity contribution in [3.63, 3.8) is 0 Å². The molecule has 0 fully saturated rings. The van der Waals surface area contributed by atoms with Crippen LogP contribution in [0.4, 0.5) is 0 Å². The number of carbonyl (C=O) groups excluding carboxylic acids is 2. The van der Waals surface area contributed by atoms with Gasteiger partial charge >= 0.3 is 5.97 Å². The van der Waals surface area contributed by atoms with Crippen LogP contribution in [0.1, 0.15) is 42.6 Å². The Morgan fingerprint density at radius 2 is 2.00 bits per heavy atom. The van der Waals surface area contributed by atoms with Crippen molar-refractivity contribution < 1.29 is 19.1 Å². The van der Waals surface area contributed by atoms with E-state index in [4.69, 9.17) is 9.47 Å². The van der Waals surface area contributed by atoms with Gasteiger partial charge in [-0.15, -0.1) is 0 Å². The normalized spacial score (nSPS) is 10.1. The highest BCUT2D eigenvalue weighted by Gasteiger charge is 2.05. The van der Waals surface area contributed by atoms with Gasteiger partial charge in [0.1, 0.15) is 5.75 Å². The van der Waals surface area contributed by atoms with E-state index in [1.165, 1.54) is 6.92 Å². The van der Waals surface area contributed by atoms with Crippen molar-refractivity contribution in [1.82, 2.24) is 0 Å². The van der Waals surface area contributed by atoms with Gasteiger partial charge in [0.25, 0.3) is 0 Å². The lowest BCUT2D eigenvalue weighted by molar-refractivity contribution is -0.143. The van der Waals surface area contributed by atoms with Crippen LogP contribution < -0.4 is 4.74 Å². The fraction of sp³-hybridized carbons (Fsp3) is 0.467. The molecule has 4 heteroatoms. The van der Waals surface area contributed by atoms with Crippen LogP contribution in [0.3, 0.4) is 0 Å². The third kappa shape index (κ3) is 5.12. The fourth-order valence-electron chi connectivity index (χ4n) is 1.66. The van der Waals surface area contributed by atoms with Crippen LogP contribution in [0.2, 0.25) is 0 Å². The lowest BCUT2D eigenvalue weighted by Crippen LogP contribution is -2.07. The number of hydrogen-bond acceptors (Lipinski definition) is 4. The van der Waals surface area contributed by atoms with Crippen molar-refractivity contribution in [2.24, 2.45) is 0 Å². The Morgan fingerprint density at radius 3 is 2.58 bits per heavy atom. The van der Waals surface area contributed by atoms with Crippen molar-refractivity contribution in [2.75, 3.05) is 13.2 Å². The lowest BCUT2D eigenvalue weighted by atomic mass is 10.1. The molecule has 0 saturated carbocycles. The molecule has 19 heavy (non-hydrogen) atoms. The maximum absolute atomic E-state index is 11.2. The standard InChI is InChI=1S/C15H20O4/c1-4-18-15(17)6-5-9-19-14-8-7-13(12(3)16)10-11(14)2/h7-8,10H,4-6,9H2,1-3H3. The van der Waals surface area contributed by atoms with Crippen LogP contribution in [0.5, 0.6) is 5.75 Å². The van der Waals surface area contributed by atoms with Gasteiger partial charge in [0.15, 0.2) is 5.78 Å². The minimum absolute atomic E-state index is 0.0389. The van der Waals surface area contributed by atoms with Crippen molar-refractivity contribution in [3.8, 4) is 5.75 Å². The molecule has 0 aliphatic heterocycles. The number of hydrogen-bond donors (Lipinski definition) is 0. The van der Waals surface area contributed by atoms with E-state index in [1.54, 1.807) is 19.1 Å². The molecule has 1 aromatic carbocycles. The Morgan fingerprint density at radius 1 is 1.26 bits per heavy atom. The molecule has 0 aliphatic rings. The topological polar surface area (TPSA) is 52.6 Å². The van der Waals surface area contributed by atoms with E-state index in [-0.39, 0.29) is 11.8 Å². The van der Waals surface area contributed by atoms with E-state index < -0.39 is 0 Å². The Balaban J connectivity index is 2.41. The smallest absolute Gasteiger partial charge is 0.305 e. The monoisotopic (exact) mass is 264 g/mol. The van der Waals surface area contributed by atoms with Gasteiger partial charge in [-0.05, 0) is 51.0 Å². The maximum atomic E-state index is 11.2. The molecule has 0 aliphatic carbocycles. The minimum atomic E-state index is -0.199. The molecule has 0 bridgehead atoms. The van der Waals surface area contributed by atoms with Gasteiger partial charge in [-0.1, -0.05) is 0 Å². The number of benzene rings is 1. The molecule has 0 unspecified atom stereocenters. The Kier molecular flexibility index (Phi) is 6.06. The first-order chi connectivity index (χ1) is 9.04. The summed E-state index contributed by atoms with van der Waals surface area (Å²) in [6.07, 6.45) is 0.977. The zero-order chi connectivity index (χ0) is 14.3. The number of ketones is 1. The second-order valence-electron chi connectivity index (χ2n) is 4.29. The highest BCUT2D eigenvalue weighted by atomic mass is 16.5. The largest absolute Gasteiger partial charge is 0.493 e. The van der Waals surface area contributed by atoms with Gasteiger partial charge in [0.05, 0.1) is 13.2 Å². The molecular weight excluding hydrogens is 244 g/mol. The van der Waals surface area contributed by atoms with Crippen LogP contribution in [0, 0.1) is 6.92 Å². The number of aryl methyl sites for hydroxylation is 1. The molecule has 0 spiro atoms. The second kappa shape index (κ2) is 7.56. The van der Waals surface area contributed by atoms with Crippen molar-refractivity contribution >= 4 is 11.8 Å². The summed E-state index contributed by atoms with van der Waals surface area (Å²) >= 11 is 0. The Bertz CT molecular complexity index is 451. The Labute approximate surface area is 113 Å². The second-order valence-corrected chi connectivity index (χ2v) is 4.29. The lowest BCUT2D eigenvalue weighted by Gasteiger charge is -2.09. The molecule has 0 saturated heterocycles. The summed E-state index contributed by atoms with van der Waals surface area (Å²) in [6.45, 7) is 6.08. The molecule has 0 atom stereocenters. The van der Waals surface area contributed by atoms with E-state index in [1.807, 2.05) is 13.0 Å². The predicted octanol–water partition coefficient (Wildman–Crippen LogP) is 2.92. The minimum Gasteiger partial charge on any atom is -0.493 e. The summed E-state index contributed by atoms with van der Waals surface area (Å²) in [4.78, 5) is 22.3. The predicted molar refractivity (Wildman–Crippen MR) is 72.5 cm³/mol. The van der Waals surface area contributed by atoms with Gasteiger partial charge in [0, 0.05) is 12.0 Å². The molecule has 4 nitrogen and oxygen atoms in total. The maximum Gasteiger partial charge on any atom is 0.305 e. The zero-order valence-corrected chi connectivity index (χ0v) is 11.7. The molecule has 0 N–H and O–H groups in total. The molecule has 0 heterocycles. The van der Waals surface area contributed by atoms with Gasteiger partial charge in [0.2, 0.25) is 0 Å². The van der Waals surface area contributed by atoms with Gasteiger partial charge in [-0.25, -0.2) is 0 Å². The summed E-state index contributed by atoms with van der Waals surface area (Å²) in [5.74, 6) is 0.584. The summed E-state index contributed by atoms with van der Waals surface area (Å²) < 4.78 is 10.4.